The highest BCUT2D eigenvalue weighted by molar-refractivity contribution is 6.31. The molecule has 0 amide bonds. The number of ether oxygens (including phenoxy) is 1. The molecule has 0 bridgehead atoms. The second-order valence-electron chi connectivity index (χ2n) is 4.91. The molecule has 3 rings (SSSR count). The van der Waals surface area contributed by atoms with Crippen LogP contribution >= 0.6 is 11.6 Å². The molecule has 2 N–H and O–H groups in total. The molecule has 0 aliphatic carbocycles. The summed E-state index contributed by atoms with van der Waals surface area (Å²) in [7, 11) is 1.86. The van der Waals surface area contributed by atoms with Crippen molar-refractivity contribution in [2.75, 3.05) is 6.61 Å². The summed E-state index contributed by atoms with van der Waals surface area (Å²) in [5.74, 6) is 1.17. The average Bonchev–Trinajstić information content (AvgIpc) is 2.77. The van der Waals surface area contributed by atoms with E-state index in [0.29, 0.717) is 11.6 Å². The molecule has 0 radical (unpaired) electrons. The maximum Gasteiger partial charge on any atom is 0.122 e. The highest BCUT2D eigenvalue weighted by Crippen LogP contribution is 2.34. The van der Waals surface area contributed by atoms with Crippen molar-refractivity contribution in [2.24, 2.45) is 18.7 Å². The van der Waals surface area contributed by atoms with Crippen LogP contribution in [0.3, 0.4) is 0 Å². The number of hydrogen-bond acceptors (Lipinski definition) is 3. The summed E-state index contributed by atoms with van der Waals surface area (Å²) in [5, 5.41) is 4.76. The van der Waals surface area contributed by atoms with Crippen molar-refractivity contribution in [2.45, 2.75) is 12.5 Å². The van der Waals surface area contributed by atoms with Crippen molar-refractivity contribution in [3.05, 3.63) is 46.7 Å². The van der Waals surface area contributed by atoms with E-state index >= 15 is 0 Å². The lowest BCUT2D eigenvalue weighted by Crippen LogP contribution is -2.32. The van der Waals surface area contributed by atoms with Gasteiger partial charge in [-0.2, -0.15) is 5.10 Å². The molecule has 2 heterocycles. The van der Waals surface area contributed by atoms with Crippen molar-refractivity contribution in [3.8, 4) is 5.75 Å². The molecular weight excluding hydrogens is 262 g/mol. The summed E-state index contributed by atoms with van der Waals surface area (Å²) in [6.45, 7) is 0.611. The number of nitrogens with two attached hydrogens (primary N) is 1. The lowest BCUT2D eigenvalue weighted by atomic mass is 9.89. The first-order valence-corrected chi connectivity index (χ1v) is 6.68. The number of benzene rings is 1. The van der Waals surface area contributed by atoms with E-state index in [1.165, 1.54) is 5.56 Å². The Hall–Kier alpha value is -1.52. The first-order valence-electron chi connectivity index (χ1n) is 6.30. The number of para-hydroxylation sites is 1. The molecule has 0 saturated heterocycles. The summed E-state index contributed by atoms with van der Waals surface area (Å²) in [6.07, 6.45) is 2.53. The van der Waals surface area contributed by atoms with Crippen molar-refractivity contribution >= 4 is 11.6 Å². The van der Waals surface area contributed by atoms with Gasteiger partial charge in [0.25, 0.3) is 0 Å². The Morgan fingerprint density at radius 1 is 1.47 bits per heavy atom. The fourth-order valence-electron chi connectivity index (χ4n) is 2.60. The zero-order valence-electron chi connectivity index (χ0n) is 10.7. The summed E-state index contributed by atoms with van der Waals surface area (Å²) >= 11 is 6.16. The van der Waals surface area contributed by atoms with Gasteiger partial charge in [-0.05, 0) is 18.1 Å². The molecule has 4 nitrogen and oxygen atoms in total. The number of aryl methyl sites for hydroxylation is 1. The van der Waals surface area contributed by atoms with Gasteiger partial charge in [0.1, 0.15) is 5.75 Å². The monoisotopic (exact) mass is 277 g/mol. The van der Waals surface area contributed by atoms with E-state index in [0.717, 1.165) is 17.9 Å². The maximum absolute atomic E-state index is 6.35. The minimum absolute atomic E-state index is 0.173. The molecule has 5 heteroatoms. The second kappa shape index (κ2) is 4.87. The molecule has 100 valence electrons. The number of hydrogen-bond donors (Lipinski definition) is 1. The quantitative estimate of drug-likeness (QED) is 0.917. The summed E-state index contributed by atoms with van der Waals surface area (Å²) in [5.41, 5.74) is 8.42. The van der Waals surface area contributed by atoms with Gasteiger partial charge in [-0.3, -0.25) is 4.68 Å². The standard InChI is InChI=1S/C14H16ClN3O/c1-18-14(11(15)7-17-18)13(16)10-6-9-4-2-3-5-12(9)19-8-10/h2-5,7,10,13H,6,8,16H2,1H3. The zero-order chi connectivity index (χ0) is 13.4. The molecule has 1 aromatic heterocycles. The lowest BCUT2D eigenvalue weighted by Gasteiger charge is -2.29. The number of nitrogens with zero attached hydrogens (tertiary/aromatic N) is 2. The molecule has 2 atom stereocenters. The topological polar surface area (TPSA) is 53.1 Å². The summed E-state index contributed by atoms with van der Waals surface area (Å²) in [4.78, 5) is 0. The Morgan fingerprint density at radius 3 is 3.00 bits per heavy atom. The number of aromatic nitrogens is 2. The Balaban J connectivity index is 1.85. The second-order valence-corrected chi connectivity index (χ2v) is 5.32. The molecule has 0 saturated carbocycles. The van der Waals surface area contributed by atoms with Crippen LogP contribution in [0.15, 0.2) is 30.5 Å². The van der Waals surface area contributed by atoms with Gasteiger partial charge in [0.05, 0.1) is 29.6 Å². The zero-order valence-corrected chi connectivity index (χ0v) is 11.5. The van der Waals surface area contributed by atoms with E-state index in [9.17, 15) is 0 Å². The van der Waals surface area contributed by atoms with Crippen LogP contribution in [0.4, 0.5) is 0 Å². The summed E-state index contributed by atoms with van der Waals surface area (Å²) < 4.78 is 7.53. The van der Waals surface area contributed by atoms with Crippen LogP contribution in [0, 0.1) is 5.92 Å². The average molecular weight is 278 g/mol. The van der Waals surface area contributed by atoms with Crippen molar-refractivity contribution < 1.29 is 4.74 Å². The smallest absolute Gasteiger partial charge is 0.122 e. The Bertz CT molecular complexity index is 577. The van der Waals surface area contributed by atoms with Gasteiger partial charge >= 0.3 is 0 Å². The van der Waals surface area contributed by atoms with E-state index in [-0.39, 0.29) is 12.0 Å². The van der Waals surface area contributed by atoms with Crippen LogP contribution in [-0.2, 0) is 13.5 Å². The number of fused-ring (bicyclic) bond motifs is 1. The van der Waals surface area contributed by atoms with Gasteiger partial charge in [-0.15, -0.1) is 0 Å². The van der Waals surface area contributed by atoms with Crippen LogP contribution in [0.2, 0.25) is 5.02 Å². The van der Waals surface area contributed by atoms with Crippen LogP contribution in [0.5, 0.6) is 5.75 Å². The molecule has 0 spiro atoms. The molecule has 0 fully saturated rings. The SMILES string of the molecule is Cn1ncc(Cl)c1C(N)C1COc2ccccc2C1. The fourth-order valence-corrected chi connectivity index (χ4v) is 2.89. The van der Waals surface area contributed by atoms with Gasteiger partial charge in [-0.25, -0.2) is 0 Å². The van der Waals surface area contributed by atoms with Gasteiger partial charge in [0, 0.05) is 13.0 Å². The largest absolute Gasteiger partial charge is 0.493 e. The van der Waals surface area contributed by atoms with Crippen LogP contribution in [0.25, 0.3) is 0 Å². The minimum atomic E-state index is -0.173. The Morgan fingerprint density at radius 2 is 2.26 bits per heavy atom. The van der Waals surface area contributed by atoms with E-state index in [4.69, 9.17) is 22.1 Å². The van der Waals surface area contributed by atoms with Crippen LogP contribution < -0.4 is 10.5 Å². The van der Waals surface area contributed by atoms with Gasteiger partial charge in [0.15, 0.2) is 0 Å². The third-order valence-corrected chi connectivity index (χ3v) is 3.96. The third-order valence-electron chi connectivity index (χ3n) is 3.67. The van der Waals surface area contributed by atoms with Gasteiger partial charge < -0.3 is 10.5 Å². The van der Waals surface area contributed by atoms with Crippen molar-refractivity contribution in [1.82, 2.24) is 9.78 Å². The lowest BCUT2D eigenvalue weighted by molar-refractivity contribution is 0.197. The van der Waals surface area contributed by atoms with Gasteiger partial charge in [0.2, 0.25) is 0 Å². The fraction of sp³-hybridized carbons (Fsp3) is 0.357. The molecule has 2 unspecified atom stereocenters. The Labute approximate surface area is 117 Å². The number of rotatable bonds is 2. The highest BCUT2D eigenvalue weighted by atomic mass is 35.5. The molecule has 19 heavy (non-hydrogen) atoms. The molecule has 1 aliphatic rings. The third kappa shape index (κ3) is 2.22. The normalized spacial score (nSPS) is 19.6. The van der Waals surface area contributed by atoms with E-state index in [2.05, 4.69) is 11.2 Å². The van der Waals surface area contributed by atoms with Gasteiger partial charge in [-0.1, -0.05) is 29.8 Å². The number of halogens is 1. The van der Waals surface area contributed by atoms with E-state index in [1.807, 2.05) is 25.2 Å². The van der Waals surface area contributed by atoms with Crippen LogP contribution in [0.1, 0.15) is 17.3 Å². The van der Waals surface area contributed by atoms with Crippen LogP contribution in [-0.4, -0.2) is 16.4 Å². The molecule has 2 aromatic rings. The predicted octanol–water partition coefficient (Wildman–Crippen LogP) is 2.32. The summed E-state index contributed by atoms with van der Waals surface area (Å²) in [6, 6.07) is 7.91. The van der Waals surface area contributed by atoms with Crippen molar-refractivity contribution in [1.29, 1.82) is 0 Å². The first-order chi connectivity index (χ1) is 9.16. The maximum atomic E-state index is 6.35. The molecular formula is C14H16ClN3O. The van der Waals surface area contributed by atoms with E-state index in [1.54, 1.807) is 10.9 Å². The highest BCUT2D eigenvalue weighted by Gasteiger charge is 2.29. The minimum Gasteiger partial charge on any atom is -0.493 e. The molecule has 1 aliphatic heterocycles. The first kappa shape index (κ1) is 12.5. The molecule has 1 aromatic carbocycles. The Kier molecular flexibility index (Phi) is 3.21. The van der Waals surface area contributed by atoms with E-state index < -0.39 is 0 Å². The van der Waals surface area contributed by atoms with Crippen molar-refractivity contribution in [3.63, 3.8) is 0 Å². The predicted molar refractivity (Wildman–Crippen MR) is 74.3 cm³/mol.